The first kappa shape index (κ1) is 14.9. The quantitative estimate of drug-likeness (QED) is 0.844. The topological polar surface area (TPSA) is 36.3 Å². The highest BCUT2D eigenvalue weighted by molar-refractivity contribution is 5.45. The first-order valence-electron chi connectivity index (χ1n) is 7.33. The van der Waals surface area contributed by atoms with E-state index in [1.807, 2.05) is 12.1 Å². The van der Waals surface area contributed by atoms with Gasteiger partial charge in [-0.2, -0.15) is 5.26 Å². The number of likely N-dealkylation sites (tertiary alicyclic amines) is 1. The number of ether oxygens (including phenoxy) is 1. The fourth-order valence-electron chi connectivity index (χ4n) is 2.84. The van der Waals surface area contributed by atoms with Crippen molar-refractivity contribution in [1.82, 2.24) is 4.90 Å². The molecule has 1 fully saturated rings. The van der Waals surface area contributed by atoms with Gasteiger partial charge >= 0.3 is 0 Å². The van der Waals surface area contributed by atoms with Gasteiger partial charge in [0.25, 0.3) is 0 Å². The van der Waals surface area contributed by atoms with Crippen LogP contribution in [0.25, 0.3) is 0 Å². The summed E-state index contributed by atoms with van der Waals surface area (Å²) in [6, 6.07) is 8.12. The molecule has 1 aliphatic rings. The van der Waals surface area contributed by atoms with E-state index in [-0.39, 0.29) is 0 Å². The fourth-order valence-corrected chi connectivity index (χ4v) is 2.84. The number of nitrogens with zero attached hydrogens (tertiary/aromatic N) is 2. The molecule has 2 rings (SSSR count). The van der Waals surface area contributed by atoms with Gasteiger partial charge in [0, 0.05) is 6.54 Å². The average Bonchev–Trinajstić information content (AvgIpc) is 2.60. The van der Waals surface area contributed by atoms with Crippen molar-refractivity contribution in [2.24, 2.45) is 5.41 Å². The summed E-state index contributed by atoms with van der Waals surface area (Å²) in [7, 11) is 1.60. The molecule has 0 amide bonds. The number of rotatable bonds is 3. The van der Waals surface area contributed by atoms with Crippen molar-refractivity contribution in [2.45, 2.75) is 39.7 Å². The van der Waals surface area contributed by atoms with Gasteiger partial charge in [-0.25, -0.2) is 0 Å². The van der Waals surface area contributed by atoms with Crippen molar-refractivity contribution >= 4 is 0 Å². The lowest BCUT2D eigenvalue weighted by atomic mass is 9.85. The second-order valence-corrected chi connectivity index (χ2v) is 6.44. The highest BCUT2D eigenvalue weighted by Crippen LogP contribution is 2.30. The molecule has 0 spiro atoms. The van der Waals surface area contributed by atoms with Crippen LogP contribution in [-0.4, -0.2) is 25.1 Å². The van der Waals surface area contributed by atoms with Gasteiger partial charge in [-0.3, -0.25) is 4.90 Å². The van der Waals surface area contributed by atoms with Crippen molar-refractivity contribution in [2.75, 3.05) is 20.2 Å². The molecule has 0 radical (unpaired) electrons. The summed E-state index contributed by atoms with van der Waals surface area (Å²) in [6.07, 6.45) is 3.80. The second kappa shape index (κ2) is 6.28. The van der Waals surface area contributed by atoms with E-state index >= 15 is 0 Å². The summed E-state index contributed by atoms with van der Waals surface area (Å²) in [4.78, 5) is 2.50. The highest BCUT2D eigenvalue weighted by Gasteiger charge is 2.23. The lowest BCUT2D eigenvalue weighted by Gasteiger charge is -2.23. The predicted octanol–water partition coefficient (Wildman–Crippen LogP) is 3.58. The number of hydrogen-bond acceptors (Lipinski definition) is 3. The molecule has 0 unspecified atom stereocenters. The van der Waals surface area contributed by atoms with Crippen molar-refractivity contribution in [3.63, 3.8) is 0 Å². The first-order chi connectivity index (χ1) is 9.54. The van der Waals surface area contributed by atoms with Gasteiger partial charge in [0.2, 0.25) is 0 Å². The second-order valence-electron chi connectivity index (χ2n) is 6.44. The SMILES string of the molecule is COc1ccc(CN2CCCC(C)(C)CC2)cc1C#N. The van der Waals surface area contributed by atoms with Gasteiger partial charge in [-0.1, -0.05) is 19.9 Å². The zero-order chi connectivity index (χ0) is 14.6. The lowest BCUT2D eigenvalue weighted by molar-refractivity contribution is 0.256. The minimum absolute atomic E-state index is 0.465. The van der Waals surface area contributed by atoms with E-state index in [1.54, 1.807) is 7.11 Å². The normalized spacial score (nSPS) is 19.1. The standard InChI is InChI=1S/C17H24N2O/c1-17(2)7-4-9-19(10-8-17)13-14-5-6-16(20-3)15(11-14)12-18/h5-6,11H,4,7-10,13H2,1-3H3. The van der Waals surface area contributed by atoms with Crippen molar-refractivity contribution in [3.8, 4) is 11.8 Å². The molecule has 1 aliphatic heterocycles. The molecule has 1 saturated heterocycles. The van der Waals surface area contributed by atoms with Crippen molar-refractivity contribution in [3.05, 3.63) is 29.3 Å². The Morgan fingerprint density at radius 2 is 2.10 bits per heavy atom. The fraction of sp³-hybridized carbons (Fsp3) is 0.588. The predicted molar refractivity (Wildman–Crippen MR) is 80.6 cm³/mol. The molecule has 0 atom stereocenters. The zero-order valence-corrected chi connectivity index (χ0v) is 12.8. The molecule has 3 nitrogen and oxygen atoms in total. The van der Waals surface area contributed by atoms with E-state index in [9.17, 15) is 0 Å². The van der Waals surface area contributed by atoms with Crippen LogP contribution >= 0.6 is 0 Å². The van der Waals surface area contributed by atoms with E-state index < -0.39 is 0 Å². The zero-order valence-electron chi connectivity index (χ0n) is 12.8. The summed E-state index contributed by atoms with van der Waals surface area (Å²) < 4.78 is 5.19. The molecule has 1 heterocycles. The third-order valence-electron chi connectivity index (χ3n) is 4.22. The summed E-state index contributed by atoms with van der Waals surface area (Å²) in [6.45, 7) is 7.93. The average molecular weight is 272 g/mol. The Morgan fingerprint density at radius 1 is 1.30 bits per heavy atom. The Hall–Kier alpha value is -1.53. The van der Waals surface area contributed by atoms with Gasteiger partial charge in [0.05, 0.1) is 12.7 Å². The molecule has 0 bridgehead atoms. The smallest absolute Gasteiger partial charge is 0.136 e. The molecule has 1 aromatic carbocycles. The minimum Gasteiger partial charge on any atom is -0.495 e. The van der Waals surface area contributed by atoms with Gasteiger partial charge in [-0.05, 0) is 55.5 Å². The van der Waals surface area contributed by atoms with Gasteiger partial charge in [0.1, 0.15) is 11.8 Å². The van der Waals surface area contributed by atoms with Crippen LogP contribution in [0.5, 0.6) is 5.75 Å². The molecule has 0 N–H and O–H groups in total. The minimum atomic E-state index is 0.465. The number of benzene rings is 1. The molecule has 1 aromatic rings. The van der Waals surface area contributed by atoms with Crippen LogP contribution in [0.15, 0.2) is 18.2 Å². The summed E-state index contributed by atoms with van der Waals surface area (Å²) in [5, 5.41) is 9.15. The molecular formula is C17H24N2O. The maximum Gasteiger partial charge on any atom is 0.136 e. The monoisotopic (exact) mass is 272 g/mol. The van der Waals surface area contributed by atoms with E-state index in [1.165, 1.54) is 24.8 Å². The van der Waals surface area contributed by atoms with Crippen LogP contribution in [-0.2, 0) is 6.54 Å². The molecule has 0 aliphatic carbocycles. The van der Waals surface area contributed by atoms with Crippen LogP contribution < -0.4 is 4.74 Å². The van der Waals surface area contributed by atoms with E-state index in [0.29, 0.717) is 16.7 Å². The van der Waals surface area contributed by atoms with Crippen LogP contribution in [0.1, 0.15) is 44.2 Å². The number of nitriles is 1. The Labute approximate surface area is 122 Å². The van der Waals surface area contributed by atoms with Crippen LogP contribution in [0.2, 0.25) is 0 Å². The Bertz CT molecular complexity index is 502. The number of hydrogen-bond donors (Lipinski definition) is 0. The number of methoxy groups -OCH3 is 1. The summed E-state index contributed by atoms with van der Waals surface area (Å²) in [5.41, 5.74) is 2.29. The van der Waals surface area contributed by atoms with Crippen LogP contribution in [0.4, 0.5) is 0 Å². The lowest BCUT2D eigenvalue weighted by Crippen LogP contribution is -2.25. The summed E-state index contributed by atoms with van der Waals surface area (Å²) in [5.74, 6) is 0.660. The Kier molecular flexibility index (Phi) is 4.67. The van der Waals surface area contributed by atoms with Crippen LogP contribution in [0, 0.1) is 16.7 Å². The van der Waals surface area contributed by atoms with Gasteiger partial charge < -0.3 is 4.74 Å². The van der Waals surface area contributed by atoms with E-state index in [0.717, 1.165) is 19.6 Å². The maximum atomic E-state index is 9.15. The van der Waals surface area contributed by atoms with Crippen molar-refractivity contribution < 1.29 is 4.74 Å². The molecule has 0 saturated carbocycles. The molecule has 20 heavy (non-hydrogen) atoms. The molecular weight excluding hydrogens is 248 g/mol. The van der Waals surface area contributed by atoms with E-state index in [4.69, 9.17) is 10.00 Å². The molecule has 108 valence electrons. The third-order valence-corrected chi connectivity index (χ3v) is 4.22. The van der Waals surface area contributed by atoms with E-state index in [2.05, 4.69) is 30.9 Å². The van der Waals surface area contributed by atoms with Gasteiger partial charge in [0.15, 0.2) is 0 Å². The van der Waals surface area contributed by atoms with Gasteiger partial charge in [-0.15, -0.1) is 0 Å². The van der Waals surface area contributed by atoms with Crippen molar-refractivity contribution in [1.29, 1.82) is 5.26 Å². The van der Waals surface area contributed by atoms with Crippen LogP contribution in [0.3, 0.4) is 0 Å². The Morgan fingerprint density at radius 3 is 2.80 bits per heavy atom. The highest BCUT2D eigenvalue weighted by atomic mass is 16.5. The summed E-state index contributed by atoms with van der Waals surface area (Å²) >= 11 is 0. The third kappa shape index (κ3) is 3.74. The Balaban J connectivity index is 2.05. The maximum absolute atomic E-state index is 9.15. The first-order valence-corrected chi connectivity index (χ1v) is 7.33. The molecule has 0 aromatic heterocycles. The largest absolute Gasteiger partial charge is 0.495 e. The molecule has 3 heteroatoms.